The van der Waals surface area contributed by atoms with Gasteiger partial charge in [-0.3, -0.25) is 9.55 Å². The number of pyridine rings is 1. The van der Waals surface area contributed by atoms with Gasteiger partial charge in [0.15, 0.2) is 0 Å². The quantitative estimate of drug-likeness (QED) is 0.493. The molecule has 0 bridgehead atoms. The number of halogens is 1. The first-order valence-corrected chi connectivity index (χ1v) is 8.66. The van der Waals surface area contributed by atoms with Gasteiger partial charge in [0.2, 0.25) is 0 Å². The van der Waals surface area contributed by atoms with Gasteiger partial charge in [-0.25, -0.2) is 9.78 Å². The van der Waals surface area contributed by atoms with Gasteiger partial charge in [0.25, 0.3) is 0 Å². The van der Waals surface area contributed by atoms with Crippen LogP contribution in [0.5, 0.6) is 0 Å². The first kappa shape index (κ1) is 16.5. The Kier molecular flexibility index (Phi) is 4.09. The average molecular weight is 366 g/mol. The zero-order valence-corrected chi connectivity index (χ0v) is 15.1. The molecule has 0 saturated heterocycles. The minimum absolute atomic E-state index is 0.249. The average Bonchev–Trinajstić information content (AvgIpc) is 3.06. The second kappa shape index (κ2) is 6.42. The third-order valence-corrected chi connectivity index (χ3v) is 4.69. The van der Waals surface area contributed by atoms with Gasteiger partial charge in [-0.05, 0) is 38.1 Å². The van der Waals surface area contributed by atoms with Gasteiger partial charge >= 0.3 is 5.97 Å². The first-order valence-electron chi connectivity index (χ1n) is 8.28. The minimum Gasteiger partial charge on any atom is -0.462 e. The number of hydrogen-bond donors (Lipinski definition) is 0. The van der Waals surface area contributed by atoms with E-state index in [-0.39, 0.29) is 12.2 Å². The Hall–Kier alpha value is -2.92. The summed E-state index contributed by atoms with van der Waals surface area (Å²) in [6.07, 6.45) is 3.20. The van der Waals surface area contributed by atoms with Gasteiger partial charge in [0.1, 0.15) is 6.33 Å². The fourth-order valence-electron chi connectivity index (χ4n) is 2.98. The molecule has 0 saturated carbocycles. The smallest absolute Gasteiger partial charge is 0.341 e. The van der Waals surface area contributed by atoms with E-state index in [4.69, 9.17) is 16.3 Å². The van der Waals surface area contributed by atoms with Gasteiger partial charge in [-0.1, -0.05) is 29.3 Å². The van der Waals surface area contributed by atoms with Crippen LogP contribution in [0.25, 0.3) is 27.6 Å². The lowest BCUT2D eigenvalue weighted by atomic mass is 10.1. The van der Waals surface area contributed by atoms with E-state index in [1.807, 2.05) is 35.8 Å². The number of imidazole rings is 1. The number of aromatic nitrogens is 3. The van der Waals surface area contributed by atoms with Gasteiger partial charge in [0, 0.05) is 17.3 Å². The molecule has 26 heavy (non-hydrogen) atoms. The summed E-state index contributed by atoms with van der Waals surface area (Å²) in [6, 6.07) is 12.0. The molecule has 4 rings (SSSR count). The lowest BCUT2D eigenvalue weighted by molar-refractivity contribution is 0.0526. The molecule has 0 fully saturated rings. The number of carbonyl (C=O) groups is 1. The normalized spacial score (nSPS) is 11.2. The number of fused-ring (bicyclic) bond motifs is 3. The number of benzene rings is 2. The van der Waals surface area contributed by atoms with Gasteiger partial charge in [0.05, 0.1) is 33.7 Å². The molecule has 0 N–H and O–H groups in total. The molecule has 0 amide bonds. The van der Waals surface area contributed by atoms with E-state index in [0.717, 1.165) is 11.2 Å². The molecule has 0 aliphatic carbocycles. The summed E-state index contributed by atoms with van der Waals surface area (Å²) in [6.45, 7) is 4.08. The molecule has 2 heterocycles. The van der Waals surface area contributed by atoms with Crippen molar-refractivity contribution in [2.45, 2.75) is 13.8 Å². The summed E-state index contributed by atoms with van der Waals surface area (Å²) >= 11 is 6.54. The maximum atomic E-state index is 12.1. The zero-order chi connectivity index (χ0) is 18.3. The highest BCUT2D eigenvalue weighted by molar-refractivity contribution is 6.40. The van der Waals surface area contributed by atoms with E-state index in [9.17, 15) is 4.79 Å². The summed E-state index contributed by atoms with van der Waals surface area (Å²) in [7, 11) is 0. The van der Waals surface area contributed by atoms with Crippen LogP contribution in [0.2, 0.25) is 5.02 Å². The molecule has 2 aromatic heterocycles. The van der Waals surface area contributed by atoms with Crippen LogP contribution in [0.1, 0.15) is 22.8 Å². The molecule has 0 unspecified atom stereocenters. The number of aryl methyl sites for hydroxylation is 1. The van der Waals surface area contributed by atoms with Crippen LogP contribution in [0.3, 0.4) is 0 Å². The van der Waals surface area contributed by atoms with E-state index in [2.05, 4.69) is 22.1 Å². The summed E-state index contributed by atoms with van der Waals surface area (Å²) in [4.78, 5) is 21.0. The van der Waals surface area contributed by atoms with Gasteiger partial charge < -0.3 is 4.74 Å². The van der Waals surface area contributed by atoms with E-state index < -0.39 is 5.97 Å². The topological polar surface area (TPSA) is 57.0 Å². The van der Waals surface area contributed by atoms with Crippen molar-refractivity contribution in [2.75, 3.05) is 6.61 Å². The summed E-state index contributed by atoms with van der Waals surface area (Å²) in [5.74, 6) is -0.484. The Labute approximate surface area is 155 Å². The van der Waals surface area contributed by atoms with Gasteiger partial charge in [-0.15, -0.1) is 0 Å². The van der Waals surface area contributed by atoms with Crippen molar-refractivity contribution >= 4 is 39.5 Å². The molecule has 6 heteroatoms. The summed E-state index contributed by atoms with van der Waals surface area (Å²) in [5, 5.41) is 0.966. The highest BCUT2D eigenvalue weighted by Crippen LogP contribution is 2.33. The predicted molar refractivity (Wildman–Crippen MR) is 102 cm³/mol. The van der Waals surface area contributed by atoms with Crippen molar-refractivity contribution in [3.8, 4) is 5.69 Å². The summed E-state index contributed by atoms with van der Waals surface area (Å²) in [5.41, 5.74) is 4.72. The Morgan fingerprint density at radius 3 is 2.65 bits per heavy atom. The van der Waals surface area contributed by atoms with Crippen molar-refractivity contribution in [3.63, 3.8) is 0 Å². The maximum Gasteiger partial charge on any atom is 0.341 e. The Balaban J connectivity index is 1.96. The zero-order valence-electron chi connectivity index (χ0n) is 14.4. The van der Waals surface area contributed by atoms with Crippen molar-refractivity contribution in [3.05, 3.63) is 65.1 Å². The second-order valence-electron chi connectivity index (χ2n) is 5.98. The molecule has 4 aromatic rings. The third kappa shape index (κ3) is 2.61. The Morgan fingerprint density at radius 2 is 1.92 bits per heavy atom. The number of rotatable bonds is 3. The molecule has 5 nitrogen and oxygen atoms in total. The molecule has 2 aromatic carbocycles. The van der Waals surface area contributed by atoms with Crippen LogP contribution < -0.4 is 0 Å². The number of esters is 1. The van der Waals surface area contributed by atoms with E-state index in [1.54, 1.807) is 13.3 Å². The SMILES string of the molecule is CCOC(=O)c1cnc2ccc3c(ncn3-c3ccc(C)cc3)c2c1Cl. The van der Waals surface area contributed by atoms with Gasteiger partial charge in [-0.2, -0.15) is 0 Å². The van der Waals surface area contributed by atoms with E-state index in [0.29, 0.717) is 21.4 Å². The van der Waals surface area contributed by atoms with Crippen LogP contribution in [-0.4, -0.2) is 27.1 Å². The highest BCUT2D eigenvalue weighted by atomic mass is 35.5. The highest BCUT2D eigenvalue weighted by Gasteiger charge is 2.18. The van der Waals surface area contributed by atoms with Crippen LogP contribution in [0.4, 0.5) is 0 Å². The fourth-order valence-corrected chi connectivity index (χ4v) is 3.30. The lowest BCUT2D eigenvalue weighted by Gasteiger charge is -2.08. The maximum absolute atomic E-state index is 12.1. The van der Waals surface area contributed by atoms with Crippen molar-refractivity contribution < 1.29 is 9.53 Å². The van der Waals surface area contributed by atoms with Crippen molar-refractivity contribution in [1.29, 1.82) is 0 Å². The second-order valence-corrected chi connectivity index (χ2v) is 6.36. The van der Waals surface area contributed by atoms with Crippen molar-refractivity contribution in [2.24, 2.45) is 0 Å². The van der Waals surface area contributed by atoms with Crippen LogP contribution >= 0.6 is 11.6 Å². The molecule has 0 atom stereocenters. The number of hydrogen-bond acceptors (Lipinski definition) is 4. The van der Waals surface area contributed by atoms with Crippen LogP contribution in [0.15, 0.2) is 48.9 Å². The Morgan fingerprint density at radius 1 is 1.15 bits per heavy atom. The molecule has 130 valence electrons. The van der Waals surface area contributed by atoms with Crippen LogP contribution in [0, 0.1) is 6.92 Å². The molecule has 0 spiro atoms. The molecule has 0 radical (unpaired) electrons. The van der Waals surface area contributed by atoms with Crippen molar-refractivity contribution in [1.82, 2.24) is 14.5 Å². The standard InChI is InChI=1S/C20H16ClN3O2/c1-3-26-20(25)14-10-22-15-8-9-16-19(17(15)18(14)21)23-11-24(16)13-6-4-12(2)5-7-13/h4-11H,3H2,1-2H3. The number of ether oxygens (including phenoxy) is 1. The Bertz CT molecular complexity index is 1130. The predicted octanol–water partition coefficient (Wildman–Crippen LogP) is 4.71. The van der Waals surface area contributed by atoms with Crippen LogP contribution in [-0.2, 0) is 4.74 Å². The minimum atomic E-state index is -0.484. The lowest BCUT2D eigenvalue weighted by Crippen LogP contribution is -2.06. The largest absolute Gasteiger partial charge is 0.462 e. The van der Waals surface area contributed by atoms with E-state index in [1.165, 1.54) is 11.8 Å². The number of nitrogens with zero attached hydrogens (tertiary/aromatic N) is 3. The fraction of sp³-hybridized carbons (Fsp3) is 0.150. The summed E-state index contributed by atoms with van der Waals surface area (Å²) < 4.78 is 7.05. The number of carbonyl (C=O) groups excluding carboxylic acids is 1. The molecular weight excluding hydrogens is 350 g/mol. The molecular formula is C20H16ClN3O2. The first-order chi connectivity index (χ1) is 12.6. The molecule has 0 aliphatic rings. The third-order valence-electron chi connectivity index (χ3n) is 4.29. The monoisotopic (exact) mass is 365 g/mol. The van der Waals surface area contributed by atoms with E-state index >= 15 is 0 Å². The molecule has 0 aliphatic heterocycles.